The zero-order valence-corrected chi connectivity index (χ0v) is 14.8. The second kappa shape index (κ2) is 6.84. The largest absolute Gasteiger partial charge is 0.454 e. The minimum absolute atomic E-state index is 0.0413. The molecule has 3 heterocycles. The van der Waals surface area contributed by atoms with Crippen LogP contribution < -0.4 is 14.4 Å². The smallest absolute Gasteiger partial charge is 0.254 e. The van der Waals surface area contributed by atoms with Crippen LogP contribution in [0.5, 0.6) is 11.5 Å². The number of aromatic nitrogens is 1. The summed E-state index contributed by atoms with van der Waals surface area (Å²) in [6.45, 7) is 1.70. The summed E-state index contributed by atoms with van der Waals surface area (Å²) >= 11 is 0. The minimum Gasteiger partial charge on any atom is -0.454 e. The molecule has 0 aliphatic carbocycles. The van der Waals surface area contributed by atoms with E-state index in [1.54, 1.807) is 23.1 Å². The van der Waals surface area contributed by atoms with Gasteiger partial charge < -0.3 is 24.0 Å². The van der Waals surface area contributed by atoms with E-state index in [1.165, 1.54) is 0 Å². The van der Waals surface area contributed by atoms with Crippen molar-refractivity contribution in [1.82, 2.24) is 9.88 Å². The maximum absolute atomic E-state index is 12.9. The predicted molar refractivity (Wildman–Crippen MR) is 95.7 cm³/mol. The summed E-state index contributed by atoms with van der Waals surface area (Å²) in [5.41, 5.74) is 1.42. The van der Waals surface area contributed by atoms with Gasteiger partial charge in [0.1, 0.15) is 11.9 Å². The molecule has 1 atom stereocenters. The van der Waals surface area contributed by atoms with Gasteiger partial charge in [0.25, 0.3) is 5.91 Å². The Labute approximate surface area is 152 Å². The topological polar surface area (TPSA) is 64.1 Å². The third-order valence-electron chi connectivity index (χ3n) is 4.52. The van der Waals surface area contributed by atoms with Crippen LogP contribution in [0.25, 0.3) is 0 Å². The number of carbonyl (C=O) groups is 1. The Morgan fingerprint density at radius 1 is 1.19 bits per heavy atom. The quantitative estimate of drug-likeness (QED) is 0.840. The molecule has 1 aromatic heterocycles. The average Bonchev–Trinajstić information content (AvgIpc) is 3.15. The summed E-state index contributed by atoms with van der Waals surface area (Å²) in [7, 11) is 3.90. The van der Waals surface area contributed by atoms with Crippen LogP contribution >= 0.6 is 0 Å². The first kappa shape index (κ1) is 16.7. The van der Waals surface area contributed by atoms with E-state index in [0.29, 0.717) is 36.8 Å². The Morgan fingerprint density at radius 3 is 2.88 bits per heavy atom. The highest BCUT2D eigenvalue weighted by Crippen LogP contribution is 2.33. The van der Waals surface area contributed by atoms with Crippen molar-refractivity contribution in [3.05, 3.63) is 47.7 Å². The van der Waals surface area contributed by atoms with E-state index in [0.717, 1.165) is 11.5 Å². The molecule has 1 amide bonds. The van der Waals surface area contributed by atoms with Gasteiger partial charge in [0.05, 0.1) is 18.8 Å². The molecule has 4 rings (SSSR count). The number of hydrogen-bond donors (Lipinski definition) is 0. The summed E-state index contributed by atoms with van der Waals surface area (Å²) in [5, 5.41) is 0. The molecule has 7 heteroatoms. The molecule has 0 radical (unpaired) electrons. The molecule has 1 saturated heterocycles. The van der Waals surface area contributed by atoms with Crippen molar-refractivity contribution in [3.8, 4) is 11.5 Å². The first-order chi connectivity index (χ1) is 12.6. The van der Waals surface area contributed by atoms with Gasteiger partial charge in [-0.15, -0.1) is 0 Å². The van der Waals surface area contributed by atoms with E-state index in [9.17, 15) is 4.79 Å². The van der Waals surface area contributed by atoms with E-state index < -0.39 is 0 Å². The van der Waals surface area contributed by atoms with Gasteiger partial charge in [0.15, 0.2) is 11.5 Å². The van der Waals surface area contributed by atoms with Gasteiger partial charge in [-0.1, -0.05) is 6.07 Å². The van der Waals surface area contributed by atoms with Crippen LogP contribution in [0.1, 0.15) is 22.2 Å². The first-order valence-corrected chi connectivity index (χ1v) is 8.56. The number of anilines is 1. The Bertz CT molecular complexity index is 824. The molecule has 1 aromatic carbocycles. The van der Waals surface area contributed by atoms with Gasteiger partial charge >= 0.3 is 0 Å². The number of morpholine rings is 1. The molecule has 0 unspecified atom stereocenters. The number of hydrogen-bond acceptors (Lipinski definition) is 6. The van der Waals surface area contributed by atoms with Crippen molar-refractivity contribution in [1.29, 1.82) is 0 Å². The van der Waals surface area contributed by atoms with Crippen LogP contribution in [0.15, 0.2) is 36.4 Å². The second-order valence-electron chi connectivity index (χ2n) is 6.49. The molecule has 26 heavy (non-hydrogen) atoms. The van der Waals surface area contributed by atoms with Crippen LogP contribution in [-0.4, -0.2) is 56.4 Å². The van der Waals surface area contributed by atoms with Gasteiger partial charge in [-0.05, 0) is 30.3 Å². The first-order valence-electron chi connectivity index (χ1n) is 8.56. The number of ether oxygens (including phenoxy) is 3. The summed E-state index contributed by atoms with van der Waals surface area (Å²) < 4.78 is 16.5. The van der Waals surface area contributed by atoms with Crippen molar-refractivity contribution in [2.45, 2.75) is 6.10 Å². The summed E-state index contributed by atoms with van der Waals surface area (Å²) in [6, 6.07) is 11.1. The van der Waals surface area contributed by atoms with Gasteiger partial charge in [0.2, 0.25) is 6.79 Å². The molecule has 2 aliphatic rings. The highest BCUT2D eigenvalue weighted by molar-refractivity contribution is 5.95. The lowest BCUT2D eigenvalue weighted by Gasteiger charge is -2.33. The number of amides is 1. The van der Waals surface area contributed by atoms with Crippen molar-refractivity contribution < 1.29 is 19.0 Å². The van der Waals surface area contributed by atoms with Crippen LogP contribution in [0, 0.1) is 0 Å². The van der Waals surface area contributed by atoms with E-state index in [4.69, 9.17) is 14.2 Å². The molecule has 0 N–H and O–H groups in total. The zero-order chi connectivity index (χ0) is 18.1. The fourth-order valence-electron chi connectivity index (χ4n) is 3.09. The van der Waals surface area contributed by atoms with Gasteiger partial charge in [-0.3, -0.25) is 4.79 Å². The molecule has 7 nitrogen and oxygen atoms in total. The van der Waals surface area contributed by atoms with E-state index in [1.807, 2.05) is 37.2 Å². The highest BCUT2D eigenvalue weighted by Gasteiger charge is 2.28. The molecular weight excluding hydrogens is 334 g/mol. The molecule has 2 aliphatic heterocycles. The number of rotatable bonds is 3. The number of fused-ring (bicyclic) bond motifs is 1. The zero-order valence-electron chi connectivity index (χ0n) is 14.8. The molecule has 0 bridgehead atoms. The van der Waals surface area contributed by atoms with E-state index >= 15 is 0 Å². The fraction of sp³-hybridized carbons (Fsp3) is 0.368. The lowest BCUT2D eigenvalue weighted by atomic mass is 10.1. The third kappa shape index (κ3) is 3.17. The predicted octanol–water partition coefficient (Wildman–Crippen LogP) is 2.09. The Balaban J connectivity index is 1.51. The summed E-state index contributed by atoms with van der Waals surface area (Å²) in [5.74, 6) is 2.11. The van der Waals surface area contributed by atoms with Crippen molar-refractivity contribution in [2.24, 2.45) is 0 Å². The molecule has 1 fully saturated rings. The third-order valence-corrected chi connectivity index (χ3v) is 4.52. The highest BCUT2D eigenvalue weighted by atomic mass is 16.7. The van der Waals surface area contributed by atoms with Crippen molar-refractivity contribution in [3.63, 3.8) is 0 Å². The second-order valence-corrected chi connectivity index (χ2v) is 6.49. The normalized spacial score (nSPS) is 18.7. The molecule has 0 spiro atoms. The Morgan fingerprint density at radius 2 is 2.04 bits per heavy atom. The average molecular weight is 355 g/mol. The maximum atomic E-state index is 12.9. The fourth-order valence-corrected chi connectivity index (χ4v) is 3.09. The summed E-state index contributed by atoms with van der Waals surface area (Å²) in [6.07, 6.45) is -0.235. The lowest BCUT2D eigenvalue weighted by molar-refractivity contribution is -0.0246. The summed E-state index contributed by atoms with van der Waals surface area (Å²) in [4.78, 5) is 21.3. The molecular formula is C19H21N3O4. The number of nitrogens with zero attached hydrogens (tertiary/aromatic N) is 3. The molecule has 2 aromatic rings. The SMILES string of the molecule is CN(C)c1cccc([C@@H]2CN(C(=O)c3ccc4c(c3)OCO4)CCO2)n1. The van der Waals surface area contributed by atoms with Crippen molar-refractivity contribution in [2.75, 3.05) is 45.5 Å². The van der Waals surface area contributed by atoms with E-state index in [-0.39, 0.29) is 18.8 Å². The minimum atomic E-state index is -0.235. The molecule has 0 saturated carbocycles. The van der Waals surface area contributed by atoms with E-state index in [2.05, 4.69) is 4.98 Å². The number of pyridine rings is 1. The van der Waals surface area contributed by atoms with Gasteiger partial charge in [-0.2, -0.15) is 0 Å². The van der Waals surface area contributed by atoms with Gasteiger partial charge in [-0.25, -0.2) is 4.98 Å². The number of benzene rings is 1. The Kier molecular flexibility index (Phi) is 4.38. The maximum Gasteiger partial charge on any atom is 0.254 e. The monoisotopic (exact) mass is 355 g/mol. The number of carbonyl (C=O) groups excluding carboxylic acids is 1. The van der Waals surface area contributed by atoms with Crippen LogP contribution in [-0.2, 0) is 4.74 Å². The Hall–Kier alpha value is -2.80. The van der Waals surface area contributed by atoms with Gasteiger partial charge in [0, 0.05) is 26.2 Å². The van der Waals surface area contributed by atoms with Crippen LogP contribution in [0.3, 0.4) is 0 Å². The lowest BCUT2D eigenvalue weighted by Crippen LogP contribution is -2.42. The van der Waals surface area contributed by atoms with Crippen molar-refractivity contribution >= 4 is 11.7 Å². The van der Waals surface area contributed by atoms with Crippen LogP contribution in [0.2, 0.25) is 0 Å². The standard InChI is InChI=1S/C19H21N3O4/c1-21(2)18-5-3-4-14(20-18)17-11-22(8-9-24-17)19(23)13-6-7-15-16(10-13)26-12-25-15/h3-7,10,17H,8-9,11-12H2,1-2H3/t17-/m0/s1. The van der Waals surface area contributed by atoms with Crippen LogP contribution in [0.4, 0.5) is 5.82 Å². The molecule has 136 valence electrons.